The van der Waals surface area contributed by atoms with Gasteiger partial charge in [-0.05, 0) is 101 Å². The quantitative estimate of drug-likeness (QED) is 0.728. The molecule has 2 aliphatic carbocycles. The fourth-order valence-corrected chi connectivity index (χ4v) is 5.57. The molecule has 0 N–H and O–H groups in total. The van der Waals surface area contributed by atoms with Gasteiger partial charge in [-0.3, -0.25) is 0 Å². The largest absolute Gasteiger partial charge is 0.304 e. The molecule has 0 aromatic rings. The average Bonchev–Trinajstić information content (AvgIpc) is 2.53. The van der Waals surface area contributed by atoms with E-state index in [1.165, 1.54) is 64.7 Å². The summed E-state index contributed by atoms with van der Waals surface area (Å²) in [5, 5.41) is 0. The molecule has 0 unspecified atom stereocenters. The summed E-state index contributed by atoms with van der Waals surface area (Å²) in [6.45, 7) is 12.4. The summed E-state index contributed by atoms with van der Waals surface area (Å²) in [5.41, 5.74) is 0.794. The third-order valence-corrected chi connectivity index (χ3v) is 7.69. The number of rotatable bonds is 5. The third kappa shape index (κ3) is 4.12. The van der Waals surface area contributed by atoms with Crippen molar-refractivity contribution in [2.24, 2.45) is 23.2 Å². The van der Waals surface area contributed by atoms with Crippen molar-refractivity contribution >= 4 is 0 Å². The van der Waals surface area contributed by atoms with E-state index >= 15 is 0 Å². The molecular formula is C21H40N2. The van der Waals surface area contributed by atoms with Gasteiger partial charge in [0, 0.05) is 12.6 Å². The van der Waals surface area contributed by atoms with E-state index in [2.05, 4.69) is 37.6 Å². The van der Waals surface area contributed by atoms with Gasteiger partial charge >= 0.3 is 0 Å². The molecular weight excluding hydrogens is 280 g/mol. The lowest BCUT2D eigenvalue weighted by Crippen LogP contribution is -2.46. The molecule has 1 aliphatic heterocycles. The van der Waals surface area contributed by atoms with Crippen LogP contribution in [0.5, 0.6) is 0 Å². The maximum absolute atomic E-state index is 2.78. The minimum Gasteiger partial charge on any atom is -0.304 e. The van der Waals surface area contributed by atoms with Crippen molar-refractivity contribution in [2.75, 3.05) is 33.2 Å². The molecule has 3 fully saturated rings. The second kappa shape index (κ2) is 7.44. The Hall–Kier alpha value is -0.0800. The van der Waals surface area contributed by atoms with E-state index in [0.29, 0.717) is 0 Å². The van der Waals surface area contributed by atoms with Gasteiger partial charge in [0.25, 0.3) is 0 Å². The highest BCUT2D eigenvalue weighted by Crippen LogP contribution is 2.57. The van der Waals surface area contributed by atoms with E-state index in [-0.39, 0.29) is 0 Å². The summed E-state index contributed by atoms with van der Waals surface area (Å²) in [6, 6.07) is 0.841. The van der Waals surface area contributed by atoms with Crippen molar-refractivity contribution in [3.63, 3.8) is 0 Å². The van der Waals surface area contributed by atoms with Crippen LogP contribution in [0.15, 0.2) is 0 Å². The van der Waals surface area contributed by atoms with Gasteiger partial charge in [0.15, 0.2) is 0 Å². The Bertz CT molecular complexity index is 354. The second-order valence-electron chi connectivity index (χ2n) is 9.46. The zero-order valence-corrected chi connectivity index (χ0v) is 16.2. The lowest BCUT2D eigenvalue weighted by molar-refractivity contribution is -0.0252. The van der Waals surface area contributed by atoms with Crippen molar-refractivity contribution in [3.8, 4) is 0 Å². The lowest BCUT2D eigenvalue weighted by Gasteiger charge is -2.53. The molecule has 3 rings (SSSR count). The van der Waals surface area contributed by atoms with E-state index in [9.17, 15) is 0 Å². The van der Waals surface area contributed by atoms with Crippen molar-refractivity contribution < 1.29 is 0 Å². The van der Waals surface area contributed by atoms with E-state index in [0.717, 1.165) is 29.2 Å². The second-order valence-corrected chi connectivity index (χ2v) is 9.46. The normalized spacial score (nSPS) is 36.8. The Morgan fingerprint density at radius 2 is 1.65 bits per heavy atom. The van der Waals surface area contributed by atoms with Crippen molar-refractivity contribution in [1.29, 1.82) is 0 Å². The van der Waals surface area contributed by atoms with E-state index in [1.807, 2.05) is 0 Å². The molecule has 0 bridgehead atoms. The van der Waals surface area contributed by atoms with Crippen molar-refractivity contribution in [2.45, 2.75) is 78.2 Å². The number of hydrogen-bond donors (Lipinski definition) is 0. The first-order valence-electron chi connectivity index (χ1n) is 10.4. The van der Waals surface area contributed by atoms with Crippen LogP contribution in [-0.2, 0) is 0 Å². The molecule has 2 saturated carbocycles. The smallest absolute Gasteiger partial charge is 0.0116 e. The molecule has 0 radical (unpaired) electrons. The van der Waals surface area contributed by atoms with Crippen LogP contribution in [0.25, 0.3) is 0 Å². The SMILES string of the molecule is CCN(C)C1CCN(CC2CCC3(CC2)CC(C(C)C)C3)CC1. The molecule has 2 nitrogen and oxygen atoms in total. The predicted molar refractivity (Wildman–Crippen MR) is 99.7 cm³/mol. The number of piperidine rings is 1. The molecule has 1 spiro atoms. The first-order chi connectivity index (χ1) is 11.0. The van der Waals surface area contributed by atoms with E-state index < -0.39 is 0 Å². The molecule has 2 heteroatoms. The molecule has 134 valence electrons. The number of nitrogens with zero attached hydrogens (tertiary/aromatic N) is 2. The highest BCUT2D eigenvalue weighted by atomic mass is 15.2. The van der Waals surface area contributed by atoms with Crippen LogP contribution in [0.1, 0.15) is 72.1 Å². The first-order valence-corrected chi connectivity index (χ1v) is 10.4. The van der Waals surface area contributed by atoms with Gasteiger partial charge < -0.3 is 9.80 Å². The van der Waals surface area contributed by atoms with Gasteiger partial charge in [-0.15, -0.1) is 0 Å². The van der Waals surface area contributed by atoms with Crippen LogP contribution >= 0.6 is 0 Å². The Labute approximate surface area is 145 Å². The van der Waals surface area contributed by atoms with Gasteiger partial charge in [0.1, 0.15) is 0 Å². The molecule has 1 heterocycles. The molecule has 0 aromatic carbocycles. The highest BCUT2D eigenvalue weighted by Gasteiger charge is 2.46. The van der Waals surface area contributed by atoms with E-state index in [4.69, 9.17) is 0 Å². The summed E-state index contributed by atoms with van der Waals surface area (Å²) >= 11 is 0. The molecule has 0 aromatic heterocycles. The van der Waals surface area contributed by atoms with E-state index in [1.54, 1.807) is 12.8 Å². The van der Waals surface area contributed by atoms with Gasteiger partial charge in [0.2, 0.25) is 0 Å². The third-order valence-electron chi connectivity index (χ3n) is 7.69. The average molecular weight is 321 g/mol. The van der Waals surface area contributed by atoms with Crippen LogP contribution in [0.4, 0.5) is 0 Å². The van der Waals surface area contributed by atoms with Crippen LogP contribution in [-0.4, -0.2) is 49.1 Å². The van der Waals surface area contributed by atoms with Crippen molar-refractivity contribution in [1.82, 2.24) is 9.80 Å². The lowest BCUT2D eigenvalue weighted by atomic mass is 9.52. The standard InChI is InChI=1S/C21H40N2/c1-5-22(4)20-8-12-23(13-9-20)16-18-6-10-21(11-7-18)14-19(15-21)17(2)3/h17-20H,5-16H2,1-4H3. The number of likely N-dealkylation sites (tertiary alicyclic amines) is 1. The summed E-state index contributed by atoms with van der Waals surface area (Å²) in [4.78, 5) is 5.32. The summed E-state index contributed by atoms with van der Waals surface area (Å²) in [7, 11) is 2.30. The summed E-state index contributed by atoms with van der Waals surface area (Å²) in [6.07, 6.45) is 12.0. The van der Waals surface area contributed by atoms with Gasteiger partial charge in [-0.25, -0.2) is 0 Å². The fourth-order valence-electron chi connectivity index (χ4n) is 5.57. The van der Waals surface area contributed by atoms with Gasteiger partial charge in [0.05, 0.1) is 0 Å². The van der Waals surface area contributed by atoms with Crippen LogP contribution in [0.3, 0.4) is 0 Å². The Morgan fingerprint density at radius 1 is 1.04 bits per heavy atom. The molecule has 0 atom stereocenters. The van der Waals surface area contributed by atoms with Gasteiger partial charge in [-0.2, -0.15) is 0 Å². The summed E-state index contributed by atoms with van der Waals surface area (Å²) < 4.78 is 0. The van der Waals surface area contributed by atoms with Crippen molar-refractivity contribution in [3.05, 3.63) is 0 Å². The Morgan fingerprint density at radius 3 is 2.17 bits per heavy atom. The number of hydrogen-bond acceptors (Lipinski definition) is 2. The molecule has 0 amide bonds. The minimum absolute atomic E-state index is 0.794. The highest BCUT2D eigenvalue weighted by molar-refractivity contribution is 4.97. The maximum atomic E-state index is 2.78. The Kier molecular flexibility index (Phi) is 5.73. The van der Waals surface area contributed by atoms with Gasteiger partial charge in [-0.1, -0.05) is 20.8 Å². The Balaban J connectivity index is 1.36. The monoisotopic (exact) mass is 320 g/mol. The topological polar surface area (TPSA) is 6.48 Å². The molecule has 3 aliphatic rings. The zero-order valence-electron chi connectivity index (χ0n) is 16.2. The summed E-state index contributed by atoms with van der Waals surface area (Å²) in [5.74, 6) is 2.96. The van der Waals surface area contributed by atoms with Crippen LogP contribution in [0, 0.1) is 23.2 Å². The fraction of sp³-hybridized carbons (Fsp3) is 1.00. The zero-order chi connectivity index (χ0) is 16.4. The van der Waals surface area contributed by atoms with Crippen LogP contribution < -0.4 is 0 Å². The maximum Gasteiger partial charge on any atom is 0.0116 e. The molecule has 23 heavy (non-hydrogen) atoms. The predicted octanol–water partition coefficient (Wildman–Crippen LogP) is 4.65. The molecule has 1 saturated heterocycles. The minimum atomic E-state index is 0.794. The first kappa shape index (κ1) is 17.7. The van der Waals surface area contributed by atoms with Crippen LogP contribution in [0.2, 0.25) is 0 Å².